The van der Waals surface area contributed by atoms with Gasteiger partial charge in [0, 0.05) is 0 Å². The standard InChI is InChI=1S/C11H10N2O2/c1-8(9-6-4-3-5-7-9)10-11(14)15-12-13(10)2/h3-7H,1H2,2H3/p+1. The first kappa shape index (κ1) is 9.45. The molecule has 0 bridgehead atoms. The third-order valence-corrected chi connectivity index (χ3v) is 2.21. The van der Waals surface area contributed by atoms with Gasteiger partial charge in [0.25, 0.3) is 0 Å². The number of aromatic amines is 1. The number of hydrogen-bond acceptors (Lipinski definition) is 2. The predicted molar refractivity (Wildman–Crippen MR) is 55.1 cm³/mol. The number of H-pyrrole nitrogens is 1. The van der Waals surface area contributed by atoms with Gasteiger partial charge in [-0.1, -0.05) is 41.6 Å². The normalized spacial score (nSPS) is 10.2. The molecular formula is C11H11N2O2+. The summed E-state index contributed by atoms with van der Waals surface area (Å²) in [7, 11) is 1.70. The molecule has 0 unspecified atom stereocenters. The summed E-state index contributed by atoms with van der Waals surface area (Å²) in [5, 5.41) is 2.46. The van der Waals surface area contributed by atoms with Crippen LogP contribution in [0.15, 0.2) is 46.2 Å². The summed E-state index contributed by atoms with van der Waals surface area (Å²) in [4.78, 5) is 11.4. The summed E-state index contributed by atoms with van der Waals surface area (Å²) in [6.45, 7) is 3.89. The number of nitrogens with one attached hydrogen (secondary N) is 1. The van der Waals surface area contributed by atoms with Gasteiger partial charge in [0.15, 0.2) is 7.05 Å². The number of benzene rings is 1. The number of aryl methyl sites for hydroxylation is 1. The van der Waals surface area contributed by atoms with Gasteiger partial charge in [0.1, 0.15) is 0 Å². The fourth-order valence-corrected chi connectivity index (χ4v) is 1.44. The van der Waals surface area contributed by atoms with Crippen molar-refractivity contribution in [3.05, 3.63) is 58.6 Å². The van der Waals surface area contributed by atoms with E-state index >= 15 is 0 Å². The number of aromatic nitrogens is 2. The second-order valence-electron chi connectivity index (χ2n) is 3.23. The van der Waals surface area contributed by atoms with E-state index in [1.165, 1.54) is 4.68 Å². The van der Waals surface area contributed by atoms with Gasteiger partial charge >= 0.3 is 11.3 Å². The van der Waals surface area contributed by atoms with Crippen molar-refractivity contribution in [1.82, 2.24) is 5.27 Å². The van der Waals surface area contributed by atoms with Gasteiger partial charge in [-0.15, -0.1) is 0 Å². The number of hydrogen-bond donors (Lipinski definition) is 1. The minimum absolute atomic E-state index is 0.411. The molecule has 0 aliphatic rings. The maximum atomic E-state index is 11.4. The highest BCUT2D eigenvalue weighted by molar-refractivity contribution is 5.73. The lowest BCUT2D eigenvalue weighted by Gasteiger charge is -1.97. The summed E-state index contributed by atoms with van der Waals surface area (Å²) >= 11 is 0. The molecule has 4 nitrogen and oxygen atoms in total. The predicted octanol–water partition coefficient (Wildman–Crippen LogP) is 0.854. The average Bonchev–Trinajstić information content (AvgIpc) is 2.59. The van der Waals surface area contributed by atoms with Crippen LogP contribution in [0.3, 0.4) is 0 Å². The lowest BCUT2D eigenvalue weighted by atomic mass is 10.1. The Hall–Kier alpha value is -2.10. The zero-order valence-electron chi connectivity index (χ0n) is 8.36. The van der Waals surface area contributed by atoms with Crippen LogP contribution in [0.25, 0.3) is 5.57 Å². The molecule has 0 saturated heterocycles. The van der Waals surface area contributed by atoms with E-state index in [0.29, 0.717) is 11.3 Å². The highest BCUT2D eigenvalue weighted by Gasteiger charge is 2.21. The first-order valence-electron chi connectivity index (χ1n) is 4.52. The molecule has 0 spiro atoms. The Bertz CT molecular complexity index is 537. The highest BCUT2D eigenvalue weighted by atomic mass is 16.5. The van der Waals surface area contributed by atoms with Gasteiger partial charge in [-0.3, -0.25) is 4.52 Å². The summed E-state index contributed by atoms with van der Waals surface area (Å²) < 4.78 is 6.17. The first-order valence-corrected chi connectivity index (χ1v) is 4.52. The van der Waals surface area contributed by atoms with E-state index in [1.807, 2.05) is 30.3 Å². The fraction of sp³-hybridized carbons (Fsp3) is 0.0909. The Balaban J connectivity index is 2.51. The van der Waals surface area contributed by atoms with Gasteiger partial charge in [0.05, 0.1) is 5.57 Å². The van der Waals surface area contributed by atoms with E-state index in [1.54, 1.807) is 7.05 Å². The van der Waals surface area contributed by atoms with Crippen LogP contribution in [0.2, 0.25) is 0 Å². The molecule has 0 saturated carbocycles. The summed E-state index contributed by atoms with van der Waals surface area (Å²) in [5.41, 5.74) is 1.57. The van der Waals surface area contributed by atoms with Crippen LogP contribution in [-0.2, 0) is 7.05 Å². The molecule has 0 atom stereocenters. The molecule has 0 aliphatic heterocycles. The Morgan fingerprint density at radius 3 is 2.60 bits per heavy atom. The molecule has 1 N–H and O–H groups in total. The Morgan fingerprint density at radius 1 is 1.40 bits per heavy atom. The minimum Gasteiger partial charge on any atom is -0.283 e. The lowest BCUT2D eigenvalue weighted by Crippen LogP contribution is -2.36. The summed E-state index contributed by atoms with van der Waals surface area (Å²) in [5.74, 6) is 0. The second kappa shape index (κ2) is 3.57. The molecule has 0 fully saturated rings. The van der Waals surface area contributed by atoms with Gasteiger partial charge in [-0.2, -0.15) is 0 Å². The third kappa shape index (κ3) is 1.61. The molecule has 15 heavy (non-hydrogen) atoms. The molecule has 2 aromatic rings. The van der Waals surface area contributed by atoms with Gasteiger partial charge in [-0.05, 0) is 10.8 Å². The van der Waals surface area contributed by atoms with E-state index in [0.717, 1.165) is 5.56 Å². The van der Waals surface area contributed by atoms with Gasteiger partial charge in [-0.25, -0.2) is 4.79 Å². The van der Waals surface area contributed by atoms with E-state index in [-0.39, 0.29) is 0 Å². The molecule has 0 aliphatic carbocycles. The lowest BCUT2D eigenvalue weighted by molar-refractivity contribution is -0.741. The molecule has 1 aromatic heterocycles. The molecule has 1 heterocycles. The van der Waals surface area contributed by atoms with E-state index in [9.17, 15) is 4.79 Å². The quantitative estimate of drug-likeness (QED) is 0.736. The topological polar surface area (TPSA) is 49.9 Å². The molecule has 76 valence electrons. The maximum Gasteiger partial charge on any atom is 0.435 e. The minimum atomic E-state index is -0.411. The van der Waals surface area contributed by atoms with Crippen LogP contribution in [0.5, 0.6) is 0 Å². The zero-order chi connectivity index (χ0) is 10.8. The summed E-state index contributed by atoms with van der Waals surface area (Å²) in [6.07, 6.45) is 0. The van der Waals surface area contributed by atoms with Crippen molar-refractivity contribution in [3.63, 3.8) is 0 Å². The van der Waals surface area contributed by atoms with Crippen molar-refractivity contribution >= 4 is 5.57 Å². The van der Waals surface area contributed by atoms with Crippen molar-refractivity contribution in [1.29, 1.82) is 0 Å². The first-order chi connectivity index (χ1) is 7.20. The van der Waals surface area contributed by atoms with Crippen LogP contribution in [-0.4, -0.2) is 5.27 Å². The average molecular weight is 203 g/mol. The largest absolute Gasteiger partial charge is 0.435 e. The van der Waals surface area contributed by atoms with Crippen LogP contribution in [0, 0.1) is 0 Å². The van der Waals surface area contributed by atoms with Crippen LogP contribution < -0.4 is 10.3 Å². The molecule has 2 rings (SSSR count). The van der Waals surface area contributed by atoms with E-state index < -0.39 is 5.63 Å². The van der Waals surface area contributed by atoms with Crippen LogP contribution in [0.1, 0.15) is 11.3 Å². The third-order valence-electron chi connectivity index (χ3n) is 2.21. The van der Waals surface area contributed by atoms with Crippen LogP contribution >= 0.6 is 0 Å². The van der Waals surface area contributed by atoms with Crippen molar-refractivity contribution in [2.45, 2.75) is 0 Å². The zero-order valence-corrected chi connectivity index (χ0v) is 8.36. The second-order valence-corrected chi connectivity index (χ2v) is 3.23. The van der Waals surface area contributed by atoms with Crippen molar-refractivity contribution in [2.75, 3.05) is 0 Å². The van der Waals surface area contributed by atoms with Crippen LogP contribution in [0.4, 0.5) is 0 Å². The van der Waals surface area contributed by atoms with Gasteiger partial charge < -0.3 is 0 Å². The molecular weight excluding hydrogens is 192 g/mol. The number of rotatable bonds is 2. The molecule has 0 amide bonds. The fourth-order valence-electron chi connectivity index (χ4n) is 1.44. The molecule has 0 radical (unpaired) electrons. The SMILES string of the molecule is C=C(c1ccccc1)c1c(=O)o[nH][n+]1C. The Labute approximate surface area is 86.4 Å². The highest BCUT2D eigenvalue weighted by Crippen LogP contribution is 2.14. The number of nitrogens with zero attached hydrogens (tertiary/aromatic N) is 1. The maximum absolute atomic E-state index is 11.4. The van der Waals surface area contributed by atoms with Crippen molar-refractivity contribution < 1.29 is 9.20 Å². The summed E-state index contributed by atoms with van der Waals surface area (Å²) in [6, 6.07) is 9.50. The van der Waals surface area contributed by atoms with Gasteiger partial charge in [0.2, 0.25) is 0 Å². The monoisotopic (exact) mass is 203 g/mol. The smallest absolute Gasteiger partial charge is 0.283 e. The van der Waals surface area contributed by atoms with E-state index in [4.69, 9.17) is 0 Å². The van der Waals surface area contributed by atoms with E-state index in [2.05, 4.69) is 16.4 Å². The molecule has 1 aromatic carbocycles. The Morgan fingerprint density at radius 2 is 2.07 bits per heavy atom. The molecule has 4 heteroatoms. The van der Waals surface area contributed by atoms with Crippen molar-refractivity contribution in [3.8, 4) is 0 Å². The Kier molecular flexibility index (Phi) is 2.25. The van der Waals surface area contributed by atoms with Crippen molar-refractivity contribution in [2.24, 2.45) is 7.05 Å².